The molecule has 1 amide bonds. The van der Waals surface area contributed by atoms with E-state index in [1.54, 1.807) is 21.3 Å². The second-order valence-electron chi connectivity index (χ2n) is 7.04. The summed E-state index contributed by atoms with van der Waals surface area (Å²) in [4.78, 5) is 16.9. The van der Waals surface area contributed by atoms with Gasteiger partial charge < -0.3 is 30.2 Å². The monoisotopic (exact) mass is 442 g/mol. The summed E-state index contributed by atoms with van der Waals surface area (Å²) in [6.07, 6.45) is 0.904. The SMILES string of the molecule is CCCNC(=O)c1cccc(CNC(=NCc2cc(OC)c(OC)c(OC)c2)NCC)c1. The minimum atomic E-state index is -0.0586. The van der Waals surface area contributed by atoms with Gasteiger partial charge in [-0.1, -0.05) is 19.1 Å². The molecule has 8 nitrogen and oxygen atoms in total. The van der Waals surface area contributed by atoms with Crippen LogP contribution in [0.3, 0.4) is 0 Å². The van der Waals surface area contributed by atoms with Crippen LogP contribution < -0.4 is 30.2 Å². The number of hydrogen-bond donors (Lipinski definition) is 3. The lowest BCUT2D eigenvalue weighted by Gasteiger charge is -2.14. The molecule has 0 aliphatic carbocycles. The van der Waals surface area contributed by atoms with Crippen molar-refractivity contribution in [3.63, 3.8) is 0 Å². The van der Waals surface area contributed by atoms with E-state index >= 15 is 0 Å². The van der Waals surface area contributed by atoms with Crippen LogP contribution in [0.25, 0.3) is 0 Å². The zero-order valence-electron chi connectivity index (χ0n) is 19.6. The highest BCUT2D eigenvalue weighted by Gasteiger charge is 2.13. The summed E-state index contributed by atoms with van der Waals surface area (Å²) < 4.78 is 16.2. The summed E-state index contributed by atoms with van der Waals surface area (Å²) >= 11 is 0. The second kappa shape index (κ2) is 13.1. The molecule has 0 heterocycles. The average Bonchev–Trinajstić information content (AvgIpc) is 2.83. The predicted octanol–water partition coefficient (Wildman–Crippen LogP) is 3.11. The van der Waals surface area contributed by atoms with Crippen molar-refractivity contribution in [2.75, 3.05) is 34.4 Å². The average molecular weight is 443 g/mol. The molecule has 8 heteroatoms. The second-order valence-corrected chi connectivity index (χ2v) is 7.04. The van der Waals surface area contributed by atoms with Gasteiger partial charge in [-0.05, 0) is 48.7 Å². The normalized spacial score (nSPS) is 11.0. The van der Waals surface area contributed by atoms with Crippen molar-refractivity contribution in [3.05, 3.63) is 53.1 Å². The minimum absolute atomic E-state index is 0.0586. The molecule has 174 valence electrons. The highest BCUT2D eigenvalue weighted by Crippen LogP contribution is 2.38. The first-order valence-corrected chi connectivity index (χ1v) is 10.7. The van der Waals surface area contributed by atoms with Crippen molar-refractivity contribution in [2.45, 2.75) is 33.4 Å². The topological polar surface area (TPSA) is 93.2 Å². The molecular formula is C24H34N4O4. The molecule has 0 saturated heterocycles. The van der Waals surface area contributed by atoms with Gasteiger partial charge in [0.1, 0.15) is 0 Å². The molecule has 3 N–H and O–H groups in total. The number of rotatable bonds is 11. The Hall–Kier alpha value is -3.42. The van der Waals surface area contributed by atoms with Gasteiger partial charge in [-0.25, -0.2) is 4.99 Å². The maximum absolute atomic E-state index is 12.2. The van der Waals surface area contributed by atoms with Crippen LogP contribution in [0.1, 0.15) is 41.8 Å². The van der Waals surface area contributed by atoms with Crippen molar-refractivity contribution in [1.29, 1.82) is 0 Å². The van der Waals surface area contributed by atoms with Crippen LogP contribution in [0.5, 0.6) is 17.2 Å². The fourth-order valence-electron chi connectivity index (χ4n) is 3.09. The number of nitrogens with zero attached hydrogens (tertiary/aromatic N) is 1. The standard InChI is InChI=1S/C24H34N4O4/c1-6-11-26-23(29)19-10-8-9-17(12-19)15-27-24(25-7-2)28-16-18-13-20(30-3)22(32-5)21(14-18)31-4/h8-10,12-14H,6-7,11,15-16H2,1-5H3,(H,26,29)(H2,25,27,28). The van der Waals surface area contributed by atoms with Gasteiger partial charge in [0.15, 0.2) is 17.5 Å². The van der Waals surface area contributed by atoms with E-state index in [-0.39, 0.29) is 5.91 Å². The Bertz CT molecular complexity index is 890. The lowest BCUT2D eigenvalue weighted by atomic mass is 10.1. The molecule has 0 radical (unpaired) electrons. The van der Waals surface area contributed by atoms with Crippen LogP contribution in [0.2, 0.25) is 0 Å². The number of ether oxygens (including phenoxy) is 3. The molecule has 0 fully saturated rings. The van der Waals surface area contributed by atoms with E-state index in [1.807, 2.05) is 50.2 Å². The molecule has 0 atom stereocenters. The summed E-state index contributed by atoms with van der Waals surface area (Å²) in [5.74, 6) is 2.34. The van der Waals surface area contributed by atoms with Crippen molar-refractivity contribution in [2.24, 2.45) is 4.99 Å². The van der Waals surface area contributed by atoms with Crippen molar-refractivity contribution in [3.8, 4) is 17.2 Å². The molecule has 0 bridgehead atoms. The first kappa shape index (κ1) is 24.8. The van der Waals surface area contributed by atoms with Crippen LogP contribution in [0.4, 0.5) is 0 Å². The van der Waals surface area contributed by atoms with E-state index in [0.29, 0.717) is 48.4 Å². The fraction of sp³-hybridized carbons (Fsp3) is 0.417. The van der Waals surface area contributed by atoms with Crippen LogP contribution >= 0.6 is 0 Å². The van der Waals surface area contributed by atoms with Gasteiger partial charge in [-0.2, -0.15) is 0 Å². The first-order valence-electron chi connectivity index (χ1n) is 10.7. The molecule has 0 spiro atoms. The smallest absolute Gasteiger partial charge is 0.251 e. The van der Waals surface area contributed by atoms with E-state index < -0.39 is 0 Å². The van der Waals surface area contributed by atoms with E-state index in [2.05, 4.69) is 20.9 Å². The highest BCUT2D eigenvalue weighted by atomic mass is 16.5. The minimum Gasteiger partial charge on any atom is -0.493 e. The van der Waals surface area contributed by atoms with E-state index in [4.69, 9.17) is 14.2 Å². The van der Waals surface area contributed by atoms with Crippen molar-refractivity contribution < 1.29 is 19.0 Å². The van der Waals surface area contributed by atoms with Crippen LogP contribution in [0, 0.1) is 0 Å². The third-order valence-corrected chi connectivity index (χ3v) is 4.67. The maximum atomic E-state index is 12.2. The van der Waals surface area contributed by atoms with Gasteiger partial charge >= 0.3 is 0 Å². The first-order chi connectivity index (χ1) is 15.6. The lowest BCUT2D eigenvalue weighted by Crippen LogP contribution is -2.36. The van der Waals surface area contributed by atoms with Gasteiger partial charge in [0, 0.05) is 25.2 Å². The zero-order chi connectivity index (χ0) is 23.3. The fourth-order valence-corrected chi connectivity index (χ4v) is 3.09. The molecule has 0 saturated carbocycles. The van der Waals surface area contributed by atoms with Gasteiger partial charge in [-0.3, -0.25) is 4.79 Å². The molecule has 0 aromatic heterocycles. The van der Waals surface area contributed by atoms with E-state index in [1.165, 1.54) is 0 Å². The summed E-state index contributed by atoms with van der Waals surface area (Å²) in [5.41, 5.74) is 2.57. The summed E-state index contributed by atoms with van der Waals surface area (Å²) in [6.45, 7) is 6.39. The molecule has 2 rings (SSSR count). The van der Waals surface area contributed by atoms with Crippen LogP contribution in [0.15, 0.2) is 41.4 Å². The third kappa shape index (κ3) is 7.08. The Morgan fingerprint density at radius 2 is 1.62 bits per heavy atom. The molecule has 0 aliphatic heterocycles. The number of carbonyl (C=O) groups is 1. The van der Waals surface area contributed by atoms with Gasteiger partial charge in [0.25, 0.3) is 5.91 Å². The number of methoxy groups -OCH3 is 3. The molecule has 2 aromatic rings. The van der Waals surface area contributed by atoms with Crippen LogP contribution in [-0.2, 0) is 13.1 Å². The Labute approximate surface area is 190 Å². The summed E-state index contributed by atoms with van der Waals surface area (Å²) in [5, 5.41) is 9.46. The number of benzene rings is 2. The highest BCUT2D eigenvalue weighted by molar-refractivity contribution is 5.94. The van der Waals surface area contributed by atoms with E-state index in [0.717, 1.165) is 24.1 Å². The molecule has 2 aromatic carbocycles. The van der Waals surface area contributed by atoms with E-state index in [9.17, 15) is 4.79 Å². The van der Waals surface area contributed by atoms with Gasteiger partial charge in [0.2, 0.25) is 5.75 Å². The van der Waals surface area contributed by atoms with Crippen molar-refractivity contribution in [1.82, 2.24) is 16.0 Å². The maximum Gasteiger partial charge on any atom is 0.251 e. The number of amides is 1. The van der Waals surface area contributed by atoms with Crippen molar-refractivity contribution >= 4 is 11.9 Å². The summed E-state index contributed by atoms with van der Waals surface area (Å²) in [6, 6.07) is 11.3. The lowest BCUT2D eigenvalue weighted by molar-refractivity contribution is 0.0953. The Morgan fingerprint density at radius 3 is 2.22 bits per heavy atom. The Balaban J connectivity index is 2.10. The predicted molar refractivity (Wildman–Crippen MR) is 127 cm³/mol. The number of carbonyl (C=O) groups excluding carboxylic acids is 1. The number of aliphatic imine (C=N–C) groups is 1. The Morgan fingerprint density at radius 1 is 0.906 bits per heavy atom. The summed E-state index contributed by atoms with van der Waals surface area (Å²) in [7, 11) is 4.76. The zero-order valence-corrected chi connectivity index (χ0v) is 19.6. The largest absolute Gasteiger partial charge is 0.493 e. The molecule has 0 unspecified atom stereocenters. The third-order valence-electron chi connectivity index (χ3n) is 4.67. The molecule has 0 aliphatic rings. The van der Waals surface area contributed by atoms with Crippen LogP contribution in [-0.4, -0.2) is 46.3 Å². The number of guanidine groups is 1. The van der Waals surface area contributed by atoms with Gasteiger partial charge in [-0.15, -0.1) is 0 Å². The quantitative estimate of drug-likeness (QED) is 0.366. The number of hydrogen-bond acceptors (Lipinski definition) is 5. The Kier molecular flexibility index (Phi) is 10.2. The number of nitrogens with one attached hydrogen (secondary N) is 3. The molecule has 32 heavy (non-hydrogen) atoms. The molecular weight excluding hydrogens is 408 g/mol. The van der Waals surface area contributed by atoms with Gasteiger partial charge in [0.05, 0.1) is 27.9 Å².